The monoisotopic (exact) mass is 388 g/mol. The van der Waals surface area contributed by atoms with Gasteiger partial charge in [0.1, 0.15) is 16.8 Å². The number of aromatic hydroxyl groups is 1. The van der Waals surface area contributed by atoms with E-state index < -0.39 is 0 Å². The first-order valence-corrected chi connectivity index (χ1v) is 10.7. The number of fused-ring (bicyclic) bond motifs is 2. The van der Waals surface area contributed by atoms with Crippen LogP contribution in [0.1, 0.15) is 44.6 Å². The molecule has 0 saturated carbocycles. The summed E-state index contributed by atoms with van der Waals surface area (Å²) in [7, 11) is 0. The topological polar surface area (TPSA) is 51.9 Å². The lowest BCUT2D eigenvalue weighted by Gasteiger charge is -2.09. The zero-order valence-electron chi connectivity index (χ0n) is 17.1. The van der Waals surface area contributed by atoms with Crippen LogP contribution in [0.3, 0.4) is 0 Å². The number of aromatic nitrogens is 2. The lowest BCUT2D eigenvalue weighted by molar-refractivity contribution is -0.657. The van der Waals surface area contributed by atoms with Crippen molar-refractivity contribution in [2.45, 2.75) is 52.1 Å². The fourth-order valence-electron chi connectivity index (χ4n) is 4.06. The molecular weight excluding hydrogens is 358 g/mol. The molecule has 1 heterocycles. The van der Waals surface area contributed by atoms with Crippen LogP contribution in [0.5, 0.6) is 5.75 Å². The predicted octanol–water partition coefficient (Wildman–Crippen LogP) is 5.90. The second-order valence-electron chi connectivity index (χ2n) is 7.69. The summed E-state index contributed by atoms with van der Waals surface area (Å²) in [5.41, 5.74) is 3.27. The molecule has 3 N–H and O–H groups in total. The summed E-state index contributed by atoms with van der Waals surface area (Å²) in [4.78, 5) is 3.52. The van der Waals surface area contributed by atoms with Crippen molar-refractivity contribution >= 4 is 27.8 Å². The third-order valence-electron chi connectivity index (χ3n) is 5.65. The zero-order chi connectivity index (χ0) is 20.1. The molecule has 0 aliphatic heterocycles. The van der Waals surface area contributed by atoms with Gasteiger partial charge in [-0.3, -0.25) is 5.32 Å². The van der Waals surface area contributed by atoms with Crippen LogP contribution in [0.15, 0.2) is 60.7 Å². The number of H-pyrrole nitrogens is 1. The molecule has 1 aromatic heterocycles. The van der Waals surface area contributed by atoms with Crippen molar-refractivity contribution in [2.75, 3.05) is 5.32 Å². The fraction of sp³-hybridized carbons (Fsp3) is 0.320. The number of phenolic OH excluding ortho intramolecular Hbond substituents is 1. The molecule has 0 saturated heterocycles. The number of hydrogen-bond acceptors (Lipinski definition) is 2. The van der Waals surface area contributed by atoms with Crippen LogP contribution < -0.4 is 9.88 Å². The Bertz CT molecular complexity index is 1100. The van der Waals surface area contributed by atoms with Gasteiger partial charge in [-0.1, -0.05) is 75.1 Å². The molecule has 0 atom stereocenters. The summed E-state index contributed by atoms with van der Waals surface area (Å²) >= 11 is 0. The molecule has 0 aliphatic carbocycles. The van der Waals surface area contributed by atoms with Crippen molar-refractivity contribution in [1.82, 2.24) is 4.98 Å². The van der Waals surface area contributed by atoms with Crippen LogP contribution in [-0.4, -0.2) is 10.1 Å². The molecule has 29 heavy (non-hydrogen) atoms. The minimum atomic E-state index is 0.332. The van der Waals surface area contributed by atoms with E-state index in [0.29, 0.717) is 12.3 Å². The molecule has 0 amide bonds. The van der Waals surface area contributed by atoms with Crippen molar-refractivity contribution in [2.24, 2.45) is 0 Å². The smallest absolute Gasteiger partial charge is 0.356 e. The lowest BCUT2D eigenvalue weighted by Crippen LogP contribution is -2.36. The molecule has 0 radical (unpaired) electrons. The molecule has 4 rings (SSSR count). The summed E-state index contributed by atoms with van der Waals surface area (Å²) in [6.07, 6.45) is 6.29. The molecule has 4 aromatic rings. The van der Waals surface area contributed by atoms with Gasteiger partial charge >= 0.3 is 5.95 Å². The summed E-state index contributed by atoms with van der Waals surface area (Å²) in [6, 6.07) is 20.4. The average Bonchev–Trinajstić information content (AvgIpc) is 3.10. The number of anilines is 1. The van der Waals surface area contributed by atoms with Crippen molar-refractivity contribution in [3.05, 3.63) is 66.2 Å². The number of aryl methyl sites for hydroxylation is 1. The van der Waals surface area contributed by atoms with Crippen molar-refractivity contribution in [3.8, 4) is 5.75 Å². The van der Waals surface area contributed by atoms with E-state index in [-0.39, 0.29) is 0 Å². The van der Waals surface area contributed by atoms with Crippen LogP contribution in [0.2, 0.25) is 0 Å². The Morgan fingerprint density at radius 3 is 2.59 bits per heavy atom. The van der Waals surface area contributed by atoms with E-state index in [9.17, 15) is 5.11 Å². The summed E-state index contributed by atoms with van der Waals surface area (Å²) in [5, 5.41) is 16.2. The van der Waals surface area contributed by atoms with Gasteiger partial charge in [-0.05, 0) is 35.4 Å². The lowest BCUT2D eigenvalue weighted by atomic mass is 10.0. The first kappa shape index (κ1) is 19.3. The number of nitrogens with zero attached hydrogens (tertiary/aromatic N) is 1. The number of aromatic amines is 1. The Morgan fingerprint density at radius 1 is 0.897 bits per heavy atom. The van der Waals surface area contributed by atoms with Crippen molar-refractivity contribution in [3.63, 3.8) is 0 Å². The highest BCUT2D eigenvalue weighted by Gasteiger charge is 2.18. The van der Waals surface area contributed by atoms with Crippen LogP contribution >= 0.6 is 0 Å². The maximum Gasteiger partial charge on any atom is 0.356 e. The second-order valence-corrected chi connectivity index (χ2v) is 7.69. The molecule has 0 spiro atoms. The number of hydrogen-bond donors (Lipinski definition) is 3. The minimum absolute atomic E-state index is 0.332. The summed E-state index contributed by atoms with van der Waals surface area (Å²) in [5.74, 6) is 1.33. The van der Waals surface area contributed by atoms with E-state index in [1.807, 2.05) is 18.2 Å². The van der Waals surface area contributed by atoms with Gasteiger partial charge in [0, 0.05) is 5.56 Å². The Labute approximate surface area is 172 Å². The first-order chi connectivity index (χ1) is 14.3. The number of para-hydroxylation sites is 2. The molecule has 150 valence electrons. The Morgan fingerprint density at radius 2 is 1.69 bits per heavy atom. The second kappa shape index (κ2) is 8.99. The first-order valence-electron chi connectivity index (χ1n) is 10.7. The summed E-state index contributed by atoms with van der Waals surface area (Å²) in [6.45, 7) is 3.80. The number of nitrogens with one attached hydrogen (secondary N) is 2. The SMILES string of the molecule is CCCCCCC[n+]1c(NCc2c(O)ccc3ccccc23)[nH]c2ccccc21. The molecule has 3 aromatic carbocycles. The van der Waals surface area contributed by atoms with E-state index in [1.54, 1.807) is 6.07 Å². The van der Waals surface area contributed by atoms with Crippen molar-refractivity contribution < 1.29 is 9.67 Å². The van der Waals surface area contributed by atoms with E-state index in [4.69, 9.17) is 0 Å². The number of benzene rings is 3. The molecule has 0 bridgehead atoms. The van der Waals surface area contributed by atoms with Gasteiger partial charge in [0.05, 0.1) is 13.1 Å². The normalized spacial score (nSPS) is 11.3. The van der Waals surface area contributed by atoms with E-state index in [2.05, 4.69) is 58.2 Å². The molecule has 4 heteroatoms. The summed E-state index contributed by atoms with van der Waals surface area (Å²) < 4.78 is 2.34. The highest BCUT2D eigenvalue weighted by Crippen LogP contribution is 2.27. The van der Waals surface area contributed by atoms with E-state index in [0.717, 1.165) is 34.3 Å². The molecule has 4 nitrogen and oxygen atoms in total. The Kier molecular flexibility index (Phi) is 5.99. The van der Waals surface area contributed by atoms with Crippen molar-refractivity contribution in [1.29, 1.82) is 0 Å². The fourth-order valence-corrected chi connectivity index (χ4v) is 4.06. The van der Waals surface area contributed by atoms with Gasteiger partial charge in [-0.2, -0.15) is 0 Å². The Hall–Kier alpha value is -3.01. The highest BCUT2D eigenvalue weighted by molar-refractivity contribution is 5.87. The quantitative estimate of drug-likeness (QED) is 0.247. The largest absolute Gasteiger partial charge is 0.508 e. The molecular formula is C25H30N3O+. The van der Waals surface area contributed by atoms with Crippen LogP contribution in [-0.2, 0) is 13.1 Å². The predicted molar refractivity (Wildman–Crippen MR) is 120 cm³/mol. The zero-order valence-corrected chi connectivity index (χ0v) is 17.1. The Balaban J connectivity index is 1.58. The van der Waals surface area contributed by atoms with Gasteiger partial charge in [0.2, 0.25) is 0 Å². The van der Waals surface area contributed by atoms with E-state index >= 15 is 0 Å². The number of rotatable bonds is 9. The molecule has 0 aliphatic rings. The number of phenols is 1. The van der Waals surface area contributed by atoms with Gasteiger partial charge in [-0.15, -0.1) is 0 Å². The highest BCUT2D eigenvalue weighted by atomic mass is 16.3. The maximum absolute atomic E-state index is 10.5. The maximum atomic E-state index is 10.5. The average molecular weight is 389 g/mol. The third kappa shape index (κ3) is 4.21. The molecule has 0 fully saturated rings. The van der Waals surface area contributed by atoms with Crippen LogP contribution in [0.25, 0.3) is 21.8 Å². The van der Waals surface area contributed by atoms with Gasteiger partial charge in [0.15, 0.2) is 0 Å². The number of imidazole rings is 1. The van der Waals surface area contributed by atoms with Crippen LogP contribution in [0, 0.1) is 0 Å². The van der Waals surface area contributed by atoms with Gasteiger partial charge in [0.25, 0.3) is 0 Å². The standard InChI is InChI=1S/C25H29N3O/c1-2-3-4-5-10-17-28-23-14-9-8-13-22(23)27-25(28)26-18-21-20-12-7-6-11-19(20)15-16-24(21)29/h6-9,11-16H,2-5,10,17-18H2,1H3,(H2,26,27,29)/p+1. The minimum Gasteiger partial charge on any atom is -0.508 e. The van der Waals surface area contributed by atoms with Crippen LogP contribution in [0.4, 0.5) is 5.95 Å². The number of unbranched alkanes of at least 4 members (excludes halogenated alkanes) is 4. The van der Waals surface area contributed by atoms with Gasteiger partial charge in [-0.25, -0.2) is 9.55 Å². The van der Waals surface area contributed by atoms with E-state index in [1.165, 1.54) is 37.6 Å². The van der Waals surface area contributed by atoms with Gasteiger partial charge < -0.3 is 5.11 Å². The molecule has 0 unspecified atom stereocenters. The third-order valence-corrected chi connectivity index (χ3v) is 5.65.